The van der Waals surface area contributed by atoms with Crippen molar-refractivity contribution in [3.05, 3.63) is 39.7 Å². The number of thiazole rings is 1. The third-order valence-corrected chi connectivity index (χ3v) is 11.1. The number of halogens is 2. The molecule has 0 saturated carbocycles. The summed E-state index contributed by atoms with van der Waals surface area (Å²) in [6.45, 7) is 1.58. The highest BCUT2D eigenvalue weighted by Gasteiger charge is 2.37. The van der Waals surface area contributed by atoms with Crippen LogP contribution in [0.25, 0.3) is 10.2 Å². The van der Waals surface area contributed by atoms with Crippen molar-refractivity contribution >= 4 is 77.2 Å². The first-order chi connectivity index (χ1) is 16.3. The third kappa shape index (κ3) is 4.86. The van der Waals surface area contributed by atoms with Crippen LogP contribution in [0.4, 0.5) is 5.13 Å². The number of benzene rings is 1. The smallest absolute Gasteiger partial charge is 0.252 e. The van der Waals surface area contributed by atoms with Gasteiger partial charge in [0.05, 0.1) is 32.6 Å². The molecule has 0 aliphatic carbocycles. The van der Waals surface area contributed by atoms with Crippen molar-refractivity contribution < 1.29 is 17.9 Å². The van der Waals surface area contributed by atoms with Gasteiger partial charge in [-0.05, 0) is 49.9 Å². The number of piperidine rings is 1. The number of rotatable bonds is 6. The number of anilines is 1. The molecule has 2 fully saturated rings. The molecule has 3 aromatic rings. The van der Waals surface area contributed by atoms with Crippen LogP contribution >= 0.6 is 45.9 Å². The van der Waals surface area contributed by atoms with Crippen molar-refractivity contribution in [1.29, 1.82) is 0 Å². The van der Waals surface area contributed by atoms with E-state index in [9.17, 15) is 13.2 Å². The molecular weight excluding hydrogens is 537 g/mol. The van der Waals surface area contributed by atoms with E-state index in [-0.39, 0.29) is 22.8 Å². The van der Waals surface area contributed by atoms with Crippen molar-refractivity contribution in [2.24, 2.45) is 5.92 Å². The summed E-state index contributed by atoms with van der Waals surface area (Å²) in [5.41, 5.74) is 0.664. The quantitative estimate of drug-likeness (QED) is 0.410. The lowest BCUT2D eigenvalue weighted by Gasteiger charge is -2.34. The van der Waals surface area contributed by atoms with E-state index in [1.165, 1.54) is 21.7 Å². The van der Waals surface area contributed by atoms with Gasteiger partial charge in [0.15, 0.2) is 5.13 Å². The van der Waals surface area contributed by atoms with Crippen molar-refractivity contribution in [2.75, 3.05) is 31.1 Å². The number of carbonyl (C=O) groups excluding carboxylic acids is 1. The van der Waals surface area contributed by atoms with Crippen molar-refractivity contribution in [1.82, 2.24) is 9.29 Å². The van der Waals surface area contributed by atoms with E-state index in [1.807, 2.05) is 12.1 Å². The fourth-order valence-electron chi connectivity index (χ4n) is 4.42. The second-order valence-corrected chi connectivity index (χ2v) is 13.7. The number of carbonyl (C=O) groups is 1. The number of thiophene rings is 1. The van der Waals surface area contributed by atoms with E-state index in [2.05, 4.69) is 4.98 Å². The molecule has 2 atom stereocenters. The molecule has 0 spiro atoms. The average molecular weight is 561 g/mol. The molecule has 7 nitrogen and oxygen atoms in total. The summed E-state index contributed by atoms with van der Waals surface area (Å²) in [6.07, 6.45) is 2.98. The molecule has 182 valence electrons. The number of amides is 1. The van der Waals surface area contributed by atoms with Gasteiger partial charge in [0, 0.05) is 19.7 Å². The average Bonchev–Trinajstić information content (AvgIpc) is 3.58. The monoisotopic (exact) mass is 559 g/mol. The molecule has 2 aromatic heterocycles. The molecule has 4 heterocycles. The van der Waals surface area contributed by atoms with Gasteiger partial charge in [0.25, 0.3) is 10.0 Å². The first-order valence-electron chi connectivity index (χ1n) is 11.1. The minimum atomic E-state index is -3.70. The molecule has 1 aromatic carbocycles. The lowest BCUT2D eigenvalue weighted by Crippen LogP contribution is -2.48. The Morgan fingerprint density at radius 3 is 2.74 bits per heavy atom. The number of nitrogens with zero attached hydrogens (tertiary/aromatic N) is 3. The van der Waals surface area contributed by atoms with Gasteiger partial charge in [-0.3, -0.25) is 9.69 Å². The Morgan fingerprint density at radius 2 is 2.03 bits per heavy atom. The maximum Gasteiger partial charge on any atom is 0.252 e. The maximum absolute atomic E-state index is 13.8. The second kappa shape index (κ2) is 10.0. The summed E-state index contributed by atoms with van der Waals surface area (Å²) in [4.78, 5) is 20.2. The highest BCUT2D eigenvalue weighted by atomic mass is 35.5. The predicted molar refractivity (Wildman–Crippen MR) is 137 cm³/mol. The molecule has 0 N–H and O–H groups in total. The van der Waals surface area contributed by atoms with Gasteiger partial charge in [-0.1, -0.05) is 40.6 Å². The SMILES string of the molecule is O=C(C1CCCN(S(=O)(=O)c2ccc(Cl)s2)C1)N(CC1CCCO1)c1nc2c(Cl)cccc2s1. The first-order valence-corrected chi connectivity index (χ1v) is 14.9. The van der Waals surface area contributed by atoms with Crippen LogP contribution < -0.4 is 4.90 Å². The summed E-state index contributed by atoms with van der Waals surface area (Å²) < 4.78 is 35.0. The summed E-state index contributed by atoms with van der Waals surface area (Å²) in [5.74, 6) is -0.599. The Hall–Kier alpha value is -1.27. The second-order valence-electron chi connectivity index (χ2n) is 8.43. The molecule has 34 heavy (non-hydrogen) atoms. The molecule has 2 saturated heterocycles. The van der Waals surface area contributed by atoms with Gasteiger partial charge >= 0.3 is 0 Å². The number of fused-ring (bicyclic) bond motifs is 1. The predicted octanol–water partition coefficient (Wildman–Crippen LogP) is 5.28. The van der Waals surface area contributed by atoms with E-state index < -0.39 is 15.9 Å². The molecule has 5 rings (SSSR count). The van der Waals surface area contributed by atoms with E-state index in [4.69, 9.17) is 27.9 Å². The topological polar surface area (TPSA) is 79.8 Å². The molecule has 0 bridgehead atoms. The molecule has 12 heteroatoms. The van der Waals surface area contributed by atoms with Gasteiger partial charge in [-0.2, -0.15) is 4.31 Å². The lowest BCUT2D eigenvalue weighted by molar-refractivity contribution is -0.123. The van der Waals surface area contributed by atoms with Crippen LogP contribution in [0.3, 0.4) is 0 Å². The largest absolute Gasteiger partial charge is 0.376 e. The zero-order valence-electron chi connectivity index (χ0n) is 18.2. The molecule has 2 unspecified atom stereocenters. The Kier molecular flexibility index (Phi) is 7.19. The number of hydrogen-bond acceptors (Lipinski definition) is 7. The van der Waals surface area contributed by atoms with Crippen LogP contribution in [-0.2, 0) is 19.6 Å². The van der Waals surface area contributed by atoms with Crippen molar-refractivity contribution in [3.8, 4) is 0 Å². The van der Waals surface area contributed by atoms with Gasteiger partial charge in [0.1, 0.15) is 9.73 Å². The van der Waals surface area contributed by atoms with Crippen LogP contribution in [0.2, 0.25) is 9.36 Å². The summed E-state index contributed by atoms with van der Waals surface area (Å²) in [7, 11) is -3.70. The van der Waals surface area contributed by atoms with Crippen LogP contribution in [0, 0.1) is 5.92 Å². The van der Waals surface area contributed by atoms with E-state index in [1.54, 1.807) is 17.0 Å². The van der Waals surface area contributed by atoms with Crippen LogP contribution in [0.1, 0.15) is 25.7 Å². The Labute approximate surface area is 216 Å². The first kappa shape index (κ1) is 24.4. The number of sulfonamides is 1. The zero-order valence-corrected chi connectivity index (χ0v) is 22.1. The Balaban J connectivity index is 1.42. The number of para-hydroxylation sites is 1. The van der Waals surface area contributed by atoms with Gasteiger partial charge in [-0.25, -0.2) is 13.4 Å². The minimum Gasteiger partial charge on any atom is -0.376 e. The molecule has 2 aliphatic heterocycles. The van der Waals surface area contributed by atoms with Gasteiger partial charge in [-0.15, -0.1) is 11.3 Å². The minimum absolute atomic E-state index is 0.0666. The third-order valence-electron chi connectivity index (χ3n) is 6.14. The fraction of sp³-hybridized carbons (Fsp3) is 0.455. The van der Waals surface area contributed by atoms with Crippen molar-refractivity contribution in [2.45, 2.75) is 36.0 Å². The summed E-state index contributed by atoms with van der Waals surface area (Å²) in [6, 6.07) is 8.66. The lowest BCUT2D eigenvalue weighted by atomic mass is 9.98. The standard InChI is InChI=1S/C22H23Cl2N3O4S3/c23-16-6-1-7-17-20(16)25-22(32-17)27(13-15-5-3-11-31-15)21(28)14-4-2-10-26(12-14)34(29,30)19-9-8-18(24)33-19/h1,6-9,14-15H,2-5,10-13H2. The highest BCUT2D eigenvalue weighted by Crippen LogP contribution is 2.36. The highest BCUT2D eigenvalue weighted by molar-refractivity contribution is 7.91. The molecule has 1 amide bonds. The Morgan fingerprint density at radius 1 is 1.18 bits per heavy atom. The number of aromatic nitrogens is 1. The van der Waals surface area contributed by atoms with Crippen molar-refractivity contribution in [3.63, 3.8) is 0 Å². The summed E-state index contributed by atoms with van der Waals surface area (Å²) in [5, 5.41) is 1.10. The van der Waals surface area contributed by atoms with Crippen LogP contribution in [0.15, 0.2) is 34.5 Å². The molecule has 2 aliphatic rings. The Bertz CT molecular complexity index is 1300. The zero-order chi connectivity index (χ0) is 23.9. The van der Waals surface area contributed by atoms with E-state index >= 15 is 0 Å². The normalized spacial score (nSPS) is 21.8. The van der Waals surface area contributed by atoms with Crippen LogP contribution in [-0.4, -0.2) is 56.0 Å². The maximum atomic E-state index is 13.8. The van der Waals surface area contributed by atoms with Crippen LogP contribution in [0.5, 0.6) is 0 Å². The van der Waals surface area contributed by atoms with E-state index in [0.29, 0.717) is 52.5 Å². The summed E-state index contributed by atoms with van der Waals surface area (Å²) >= 11 is 14.7. The molecule has 0 radical (unpaired) electrons. The number of hydrogen-bond donors (Lipinski definition) is 0. The van der Waals surface area contributed by atoms with Gasteiger partial charge in [0.2, 0.25) is 5.91 Å². The fourth-order valence-corrected chi connectivity index (χ4v) is 8.86. The van der Waals surface area contributed by atoms with E-state index in [0.717, 1.165) is 28.9 Å². The number of ether oxygens (including phenoxy) is 1. The molecular formula is C22H23Cl2N3O4S3. The van der Waals surface area contributed by atoms with Gasteiger partial charge < -0.3 is 4.74 Å².